The number of benzene rings is 3. The van der Waals surface area contributed by atoms with Crippen LogP contribution in [0.1, 0.15) is 10.4 Å². The molecule has 5 rings (SSSR count). The van der Waals surface area contributed by atoms with Crippen molar-refractivity contribution in [3.05, 3.63) is 65.2 Å². The Balaban J connectivity index is 1.33. The van der Waals surface area contributed by atoms with Crippen LogP contribution in [0.5, 0.6) is 23.0 Å². The number of amides is 3. The molecule has 2 aliphatic rings. The second-order valence-electron chi connectivity index (χ2n) is 6.55. The zero-order chi connectivity index (χ0) is 20.7. The van der Waals surface area contributed by atoms with Gasteiger partial charge in [0, 0.05) is 22.5 Å². The topological polar surface area (TPSA) is 97.9 Å². The van der Waals surface area contributed by atoms with Crippen LogP contribution in [0.3, 0.4) is 0 Å². The van der Waals surface area contributed by atoms with Crippen molar-refractivity contribution >= 4 is 40.6 Å². The van der Waals surface area contributed by atoms with Crippen LogP contribution in [0.15, 0.2) is 54.6 Å². The van der Waals surface area contributed by atoms with Crippen molar-refractivity contribution in [2.45, 2.75) is 0 Å². The number of rotatable bonds is 2. The number of urea groups is 1. The molecule has 0 atom stereocenters. The van der Waals surface area contributed by atoms with Gasteiger partial charge in [0.05, 0.1) is 11.3 Å². The van der Waals surface area contributed by atoms with Gasteiger partial charge in [0.2, 0.25) is 6.79 Å². The Morgan fingerprint density at radius 3 is 2.40 bits per heavy atom. The van der Waals surface area contributed by atoms with E-state index in [0.29, 0.717) is 45.1 Å². The first-order valence-electron chi connectivity index (χ1n) is 8.96. The lowest BCUT2D eigenvalue weighted by Gasteiger charge is -2.11. The van der Waals surface area contributed by atoms with Gasteiger partial charge in [0.15, 0.2) is 17.2 Å². The third kappa shape index (κ3) is 3.44. The highest BCUT2D eigenvalue weighted by Gasteiger charge is 2.22. The highest BCUT2D eigenvalue weighted by molar-refractivity contribution is 6.31. The van der Waals surface area contributed by atoms with Gasteiger partial charge in [-0.25, -0.2) is 4.79 Å². The summed E-state index contributed by atoms with van der Waals surface area (Å²) < 4.78 is 16.4. The summed E-state index contributed by atoms with van der Waals surface area (Å²) in [6.07, 6.45) is 0. The van der Waals surface area contributed by atoms with Crippen LogP contribution < -0.4 is 30.2 Å². The van der Waals surface area contributed by atoms with Gasteiger partial charge in [-0.1, -0.05) is 11.6 Å². The van der Waals surface area contributed by atoms with Crippen molar-refractivity contribution < 1.29 is 23.8 Å². The summed E-state index contributed by atoms with van der Waals surface area (Å²) in [6, 6.07) is 14.4. The maximum Gasteiger partial charge on any atom is 0.323 e. The highest BCUT2D eigenvalue weighted by atomic mass is 35.5. The number of fused-ring (bicyclic) bond motifs is 3. The van der Waals surface area contributed by atoms with Crippen LogP contribution in [0.2, 0.25) is 5.02 Å². The smallest absolute Gasteiger partial charge is 0.323 e. The Kier molecular flexibility index (Phi) is 4.33. The van der Waals surface area contributed by atoms with Gasteiger partial charge < -0.3 is 30.2 Å². The molecule has 0 aromatic heterocycles. The fraction of sp³-hybridized carbons (Fsp3) is 0.0476. The molecule has 3 aromatic rings. The fourth-order valence-electron chi connectivity index (χ4n) is 3.14. The average molecular weight is 424 g/mol. The number of hydrogen-bond donors (Lipinski definition) is 3. The summed E-state index contributed by atoms with van der Waals surface area (Å²) in [4.78, 5) is 25.0. The van der Waals surface area contributed by atoms with Crippen molar-refractivity contribution in [2.75, 3.05) is 22.7 Å². The van der Waals surface area contributed by atoms with E-state index in [1.54, 1.807) is 48.5 Å². The molecule has 0 saturated heterocycles. The average Bonchev–Trinajstić information content (AvgIpc) is 3.13. The summed E-state index contributed by atoms with van der Waals surface area (Å²) in [6.45, 7) is 0.153. The van der Waals surface area contributed by atoms with Gasteiger partial charge >= 0.3 is 6.03 Å². The minimum Gasteiger partial charge on any atom is -0.454 e. The van der Waals surface area contributed by atoms with E-state index in [4.69, 9.17) is 25.8 Å². The standard InChI is InChI=1S/C21H14ClN3O5/c22-11-1-4-17-15(7-11)25-20(26)14-8-12(2-5-16(14)30-17)23-21(27)24-13-3-6-18-19(9-13)29-10-28-18/h1-9H,10H2,(H,25,26)(H2,23,24,27). The maximum absolute atomic E-state index is 12.6. The van der Waals surface area contributed by atoms with E-state index in [1.807, 2.05) is 0 Å². The summed E-state index contributed by atoms with van der Waals surface area (Å²) in [7, 11) is 0. The minimum absolute atomic E-state index is 0.153. The van der Waals surface area contributed by atoms with Crippen LogP contribution >= 0.6 is 11.6 Å². The molecule has 3 N–H and O–H groups in total. The lowest BCUT2D eigenvalue weighted by atomic mass is 10.1. The first kappa shape index (κ1) is 18.1. The molecule has 3 aromatic carbocycles. The largest absolute Gasteiger partial charge is 0.454 e. The van der Waals surface area contributed by atoms with Crippen molar-refractivity contribution in [1.29, 1.82) is 0 Å². The van der Waals surface area contributed by atoms with Crippen molar-refractivity contribution in [1.82, 2.24) is 0 Å². The van der Waals surface area contributed by atoms with Crippen molar-refractivity contribution in [3.8, 4) is 23.0 Å². The molecule has 150 valence electrons. The van der Waals surface area contributed by atoms with Gasteiger partial charge in [-0.05, 0) is 48.5 Å². The van der Waals surface area contributed by atoms with E-state index >= 15 is 0 Å². The van der Waals surface area contributed by atoms with Crippen molar-refractivity contribution in [3.63, 3.8) is 0 Å². The Morgan fingerprint density at radius 2 is 1.57 bits per heavy atom. The molecule has 3 amide bonds. The quantitative estimate of drug-likeness (QED) is 0.534. The van der Waals surface area contributed by atoms with E-state index in [1.165, 1.54) is 6.07 Å². The predicted molar refractivity (Wildman–Crippen MR) is 111 cm³/mol. The zero-order valence-electron chi connectivity index (χ0n) is 15.3. The number of halogens is 1. The maximum atomic E-state index is 12.6. The minimum atomic E-state index is -0.473. The number of ether oxygens (including phenoxy) is 3. The monoisotopic (exact) mass is 423 g/mol. The van der Waals surface area contributed by atoms with Crippen LogP contribution in [0, 0.1) is 0 Å². The molecular weight excluding hydrogens is 410 g/mol. The van der Waals surface area contributed by atoms with E-state index < -0.39 is 6.03 Å². The fourth-order valence-corrected chi connectivity index (χ4v) is 3.31. The third-order valence-corrected chi connectivity index (χ3v) is 4.76. The lowest BCUT2D eigenvalue weighted by Crippen LogP contribution is -2.20. The lowest BCUT2D eigenvalue weighted by molar-refractivity contribution is 0.102. The molecule has 0 aliphatic carbocycles. The Bertz CT molecular complexity index is 1200. The number of anilines is 3. The zero-order valence-corrected chi connectivity index (χ0v) is 16.1. The molecule has 0 unspecified atom stereocenters. The number of hydrogen-bond acceptors (Lipinski definition) is 5. The van der Waals surface area contributed by atoms with E-state index in [-0.39, 0.29) is 18.3 Å². The third-order valence-electron chi connectivity index (χ3n) is 4.52. The van der Waals surface area contributed by atoms with E-state index in [2.05, 4.69) is 16.0 Å². The first-order chi connectivity index (χ1) is 14.5. The number of nitrogens with one attached hydrogen (secondary N) is 3. The molecular formula is C21H14ClN3O5. The Morgan fingerprint density at radius 1 is 0.867 bits per heavy atom. The van der Waals surface area contributed by atoms with E-state index in [9.17, 15) is 9.59 Å². The molecule has 0 saturated carbocycles. The van der Waals surface area contributed by atoms with E-state index in [0.717, 1.165) is 0 Å². The molecule has 0 radical (unpaired) electrons. The molecule has 2 aliphatic heterocycles. The molecule has 0 fully saturated rings. The van der Waals surface area contributed by atoms with Gasteiger partial charge in [-0.3, -0.25) is 4.79 Å². The molecule has 0 bridgehead atoms. The summed E-state index contributed by atoms with van der Waals surface area (Å²) in [5.41, 5.74) is 1.72. The second kappa shape index (κ2) is 7.16. The Labute approximate surface area is 175 Å². The van der Waals surface area contributed by atoms with Crippen LogP contribution in [-0.4, -0.2) is 18.7 Å². The predicted octanol–water partition coefficient (Wildman–Crippen LogP) is 5.07. The molecule has 0 spiro atoms. The van der Waals surface area contributed by atoms with Crippen LogP contribution in [0.25, 0.3) is 0 Å². The van der Waals surface area contributed by atoms with Gasteiger partial charge in [0.25, 0.3) is 5.91 Å². The summed E-state index contributed by atoms with van der Waals surface area (Å²) >= 11 is 5.99. The Hall–Kier alpha value is -3.91. The number of carbonyl (C=O) groups excluding carboxylic acids is 2. The molecule has 9 heteroatoms. The van der Waals surface area contributed by atoms with Crippen LogP contribution in [0.4, 0.5) is 21.9 Å². The molecule has 8 nitrogen and oxygen atoms in total. The van der Waals surface area contributed by atoms with Gasteiger partial charge in [-0.2, -0.15) is 0 Å². The SMILES string of the molecule is O=C(Nc1ccc2c(c1)OCO2)Nc1ccc2c(c1)C(=O)Nc1cc(Cl)ccc1O2. The van der Waals surface area contributed by atoms with Gasteiger partial charge in [-0.15, -0.1) is 0 Å². The normalized spacial score (nSPS) is 13.3. The molecule has 2 heterocycles. The van der Waals surface area contributed by atoms with Gasteiger partial charge in [0.1, 0.15) is 5.75 Å². The summed E-state index contributed by atoms with van der Waals surface area (Å²) in [5.74, 6) is 1.67. The number of carbonyl (C=O) groups is 2. The molecule has 30 heavy (non-hydrogen) atoms. The van der Waals surface area contributed by atoms with Crippen LogP contribution in [-0.2, 0) is 0 Å². The summed E-state index contributed by atoms with van der Waals surface area (Å²) in [5, 5.41) is 8.65. The second-order valence-corrected chi connectivity index (χ2v) is 6.99. The first-order valence-corrected chi connectivity index (χ1v) is 9.33. The highest BCUT2D eigenvalue weighted by Crippen LogP contribution is 2.38. The van der Waals surface area contributed by atoms with Crippen molar-refractivity contribution in [2.24, 2.45) is 0 Å².